The Morgan fingerprint density at radius 1 is 1.67 bits per heavy atom. The molecule has 52 valence electrons. The zero-order chi connectivity index (χ0) is 7.11. The summed E-state index contributed by atoms with van der Waals surface area (Å²) in [4.78, 5) is 0. The van der Waals surface area contributed by atoms with Crippen molar-refractivity contribution >= 4 is 6.72 Å². The summed E-state index contributed by atoms with van der Waals surface area (Å²) in [5, 5.41) is 19.9. The Hall–Kier alpha value is -0.970. The molecule has 0 amide bonds. The van der Waals surface area contributed by atoms with E-state index in [4.69, 9.17) is 5.11 Å². The maximum atomic E-state index is 8.36. The van der Waals surface area contributed by atoms with Crippen LogP contribution < -0.4 is 0 Å². The molecule has 1 N–H and O–H groups in total. The fourth-order valence-electron chi connectivity index (χ4n) is 0.336. The van der Waals surface area contributed by atoms with Gasteiger partial charge in [-0.3, -0.25) is 0 Å². The maximum absolute atomic E-state index is 8.36. The molecule has 0 saturated carbocycles. The van der Waals surface area contributed by atoms with E-state index in [1.165, 1.54) is 12.2 Å². The topological polar surface area (TPSA) is 60.5 Å². The molecular formula is C4H10N4O. The van der Waals surface area contributed by atoms with Gasteiger partial charge in [-0.1, -0.05) is 5.22 Å². The number of hydrazone groups is 1. The Bertz CT molecular complexity index is 103. The molecule has 0 rings (SSSR count). The van der Waals surface area contributed by atoms with Gasteiger partial charge in [-0.2, -0.15) is 15.3 Å². The molecule has 0 bridgehead atoms. The zero-order valence-corrected chi connectivity index (χ0v) is 5.36. The molecule has 0 aromatic carbocycles. The van der Waals surface area contributed by atoms with Crippen molar-refractivity contribution in [1.29, 1.82) is 0 Å². The van der Waals surface area contributed by atoms with Crippen LogP contribution in [0.5, 0.6) is 0 Å². The van der Waals surface area contributed by atoms with Gasteiger partial charge < -0.3 is 5.11 Å². The normalized spacial score (nSPS) is 10.0. The minimum Gasteiger partial charge on any atom is -0.394 e. The lowest BCUT2D eigenvalue weighted by molar-refractivity contribution is 0.198. The monoisotopic (exact) mass is 130 g/mol. The molecular weight excluding hydrogens is 120 g/mol. The van der Waals surface area contributed by atoms with Crippen LogP contribution in [0.4, 0.5) is 0 Å². The van der Waals surface area contributed by atoms with Crippen molar-refractivity contribution in [2.75, 3.05) is 20.2 Å². The number of hydrogen-bond acceptors (Lipinski definition) is 4. The molecule has 0 fully saturated rings. The molecule has 0 heterocycles. The average Bonchev–Trinajstić information content (AvgIpc) is 1.88. The lowest BCUT2D eigenvalue weighted by Gasteiger charge is -2.05. The second-order valence-corrected chi connectivity index (χ2v) is 1.25. The van der Waals surface area contributed by atoms with Gasteiger partial charge in [-0.05, 0) is 0 Å². The molecule has 9 heavy (non-hydrogen) atoms. The molecule has 5 heteroatoms. The summed E-state index contributed by atoms with van der Waals surface area (Å²) in [6, 6.07) is 0. The van der Waals surface area contributed by atoms with E-state index < -0.39 is 0 Å². The minimum absolute atomic E-state index is 0.00194. The Morgan fingerprint density at radius 3 is 2.67 bits per heavy atom. The predicted octanol–water partition coefficient (Wildman–Crippen LogP) is -0.107. The summed E-state index contributed by atoms with van der Waals surface area (Å²) in [6.07, 6.45) is 0. The first-order chi connectivity index (χ1) is 4.35. The first-order valence-electron chi connectivity index (χ1n) is 2.50. The van der Waals surface area contributed by atoms with Crippen LogP contribution in [-0.2, 0) is 0 Å². The molecule has 0 atom stereocenters. The highest BCUT2D eigenvalue weighted by atomic mass is 16.3. The van der Waals surface area contributed by atoms with Gasteiger partial charge in [0.05, 0.1) is 20.2 Å². The van der Waals surface area contributed by atoms with Crippen LogP contribution >= 0.6 is 0 Å². The van der Waals surface area contributed by atoms with Gasteiger partial charge in [0.2, 0.25) is 0 Å². The van der Waals surface area contributed by atoms with E-state index in [1.807, 2.05) is 0 Å². The molecule has 0 aromatic rings. The fraction of sp³-hybridized carbons (Fsp3) is 0.750. The van der Waals surface area contributed by atoms with Crippen molar-refractivity contribution in [3.8, 4) is 0 Å². The Kier molecular flexibility index (Phi) is 4.61. The summed E-state index contributed by atoms with van der Waals surface area (Å²) in [5.74, 6) is 0. The highest BCUT2D eigenvalue weighted by Gasteiger charge is 1.91. The van der Waals surface area contributed by atoms with Crippen molar-refractivity contribution < 1.29 is 5.11 Å². The molecule has 0 spiro atoms. The number of nitrogens with zero attached hydrogens (tertiary/aromatic N) is 4. The zero-order valence-electron chi connectivity index (χ0n) is 5.36. The average molecular weight is 130 g/mol. The minimum atomic E-state index is -0.00194. The summed E-state index contributed by atoms with van der Waals surface area (Å²) in [7, 11) is 1.52. The number of aliphatic hydroxyl groups excluding tert-OH is 1. The largest absolute Gasteiger partial charge is 0.394 e. The molecule has 5 nitrogen and oxygen atoms in total. The van der Waals surface area contributed by atoms with Crippen molar-refractivity contribution in [2.24, 2.45) is 15.4 Å². The molecule has 0 aromatic heterocycles. The third-order valence-corrected chi connectivity index (χ3v) is 0.656. The van der Waals surface area contributed by atoms with Crippen LogP contribution in [0.1, 0.15) is 0 Å². The third-order valence-electron chi connectivity index (χ3n) is 0.656. The summed E-state index contributed by atoms with van der Waals surface area (Å²) < 4.78 is 0. The number of hydrogen-bond donors (Lipinski definition) is 1. The van der Waals surface area contributed by atoms with E-state index in [9.17, 15) is 0 Å². The highest BCUT2D eigenvalue weighted by molar-refractivity contribution is 5.22. The lowest BCUT2D eigenvalue weighted by Crippen LogP contribution is -2.13. The maximum Gasteiger partial charge on any atom is 0.0855 e. The smallest absolute Gasteiger partial charge is 0.0855 e. The van der Waals surface area contributed by atoms with Crippen LogP contribution in [-0.4, -0.2) is 37.1 Å². The SMILES string of the molecule is C=NN(CCO)/N=N\C. The van der Waals surface area contributed by atoms with Crippen molar-refractivity contribution in [3.05, 3.63) is 0 Å². The third kappa shape index (κ3) is 3.60. The van der Waals surface area contributed by atoms with Crippen LogP contribution in [0.2, 0.25) is 0 Å². The quantitative estimate of drug-likeness (QED) is 0.328. The van der Waals surface area contributed by atoms with Gasteiger partial charge in [0, 0.05) is 6.72 Å². The molecule has 0 aliphatic heterocycles. The van der Waals surface area contributed by atoms with Crippen LogP contribution in [0, 0.1) is 0 Å². The Morgan fingerprint density at radius 2 is 2.33 bits per heavy atom. The molecule has 0 aliphatic carbocycles. The second-order valence-electron chi connectivity index (χ2n) is 1.25. The molecule has 0 radical (unpaired) electrons. The lowest BCUT2D eigenvalue weighted by atomic mass is 10.7. The van der Waals surface area contributed by atoms with Crippen molar-refractivity contribution in [2.45, 2.75) is 0 Å². The van der Waals surface area contributed by atoms with Crippen LogP contribution in [0.15, 0.2) is 15.4 Å². The molecule has 0 aliphatic rings. The Labute approximate surface area is 53.7 Å². The van der Waals surface area contributed by atoms with Crippen molar-refractivity contribution in [1.82, 2.24) is 5.12 Å². The van der Waals surface area contributed by atoms with Gasteiger partial charge in [0.25, 0.3) is 0 Å². The molecule has 0 unspecified atom stereocenters. The van der Waals surface area contributed by atoms with Crippen molar-refractivity contribution in [3.63, 3.8) is 0 Å². The first kappa shape index (κ1) is 8.03. The number of aliphatic hydroxyl groups is 1. The Balaban J connectivity index is 3.53. The first-order valence-corrected chi connectivity index (χ1v) is 2.50. The molecule has 0 saturated heterocycles. The van der Waals surface area contributed by atoms with Gasteiger partial charge in [0.15, 0.2) is 0 Å². The summed E-state index contributed by atoms with van der Waals surface area (Å²) >= 11 is 0. The highest BCUT2D eigenvalue weighted by Crippen LogP contribution is 1.87. The fourth-order valence-corrected chi connectivity index (χ4v) is 0.336. The summed E-state index contributed by atoms with van der Waals surface area (Å²) in [6.45, 7) is 3.54. The van der Waals surface area contributed by atoms with E-state index in [2.05, 4.69) is 22.2 Å². The van der Waals surface area contributed by atoms with Gasteiger partial charge >= 0.3 is 0 Å². The van der Waals surface area contributed by atoms with E-state index in [1.54, 1.807) is 0 Å². The summed E-state index contributed by atoms with van der Waals surface area (Å²) in [5.41, 5.74) is 0. The van der Waals surface area contributed by atoms with Gasteiger partial charge in [-0.15, -0.1) is 0 Å². The van der Waals surface area contributed by atoms with E-state index in [0.29, 0.717) is 6.54 Å². The predicted molar refractivity (Wildman–Crippen MR) is 34.1 cm³/mol. The van der Waals surface area contributed by atoms with E-state index in [-0.39, 0.29) is 6.61 Å². The van der Waals surface area contributed by atoms with Gasteiger partial charge in [-0.25, -0.2) is 0 Å². The van der Waals surface area contributed by atoms with E-state index >= 15 is 0 Å². The number of rotatable bonds is 4. The van der Waals surface area contributed by atoms with Crippen LogP contribution in [0.25, 0.3) is 0 Å². The van der Waals surface area contributed by atoms with Gasteiger partial charge in [0.1, 0.15) is 0 Å². The standard InChI is InChI=1S/C4H10N4O/c1-5-7-8(6-2)3-4-9/h9H,2-4H2,1H3/b7-5-. The van der Waals surface area contributed by atoms with Crippen LogP contribution in [0.3, 0.4) is 0 Å². The second kappa shape index (κ2) is 5.17. The van der Waals surface area contributed by atoms with E-state index in [0.717, 1.165) is 0 Å².